The van der Waals surface area contributed by atoms with Crippen molar-refractivity contribution in [3.8, 4) is 0 Å². The first-order valence-electron chi connectivity index (χ1n) is 10.0. The minimum absolute atomic E-state index is 0.0560. The molecule has 1 N–H and O–H groups in total. The molecule has 1 aliphatic rings. The first-order chi connectivity index (χ1) is 13.6. The Hall–Kier alpha value is -2.25. The first-order valence-corrected chi connectivity index (χ1v) is 10.0. The second kappa shape index (κ2) is 9.80. The Kier molecular flexibility index (Phi) is 7.17. The number of nitrogens with zero attached hydrogens (tertiary/aromatic N) is 4. The fourth-order valence-corrected chi connectivity index (χ4v) is 3.71. The molecule has 1 aromatic heterocycles. The average Bonchev–Trinajstić information content (AvgIpc) is 2.97. The predicted molar refractivity (Wildman–Crippen MR) is 108 cm³/mol. The van der Waals surface area contributed by atoms with Gasteiger partial charge in [-0.15, -0.1) is 10.2 Å². The highest BCUT2D eigenvalue weighted by Crippen LogP contribution is 2.22. The van der Waals surface area contributed by atoms with E-state index in [-0.39, 0.29) is 18.6 Å². The zero-order valence-electron chi connectivity index (χ0n) is 17.1. The Bertz CT molecular complexity index is 759. The molecule has 3 rings (SSSR count). The summed E-state index contributed by atoms with van der Waals surface area (Å²) in [5.74, 6) is 2.17. The van der Waals surface area contributed by atoms with E-state index in [2.05, 4.69) is 63.1 Å². The molecule has 7 heteroatoms. The van der Waals surface area contributed by atoms with Crippen LogP contribution in [-0.2, 0) is 29.0 Å². The Morgan fingerprint density at radius 1 is 1.18 bits per heavy atom. The lowest BCUT2D eigenvalue weighted by Crippen LogP contribution is -2.34. The fraction of sp³-hybridized carbons (Fsp3) is 0.571. The summed E-state index contributed by atoms with van der Waals surface area (Å²) in [6.45, 7) is 8.02. The number of hydrogen-bond donors (Lipinski definition) is 1. The van der Waals surface area contributed by atoms with Crippen molar-refractivity contribution >= 4 is 5.91 Å². The highest BCUT2D eigenvalue weighted by atomic mass is 16.5. The van der Waals surface area contributed by atoms with Gasteiger partial charge < -0.3 is 14.6 Å². The molecule has 28 heavy (non-hydrogen) atoms. The van der Waals surface area contributed by atoms with Gasteiger partial charge in [0, 0.05) is 39.7 Å². The van der Waals surface area contributed by atoms with E-state index < -0.39 is 0 Å². The fourth-order valence-electron chi connectivity index (χ4n) is 3.71. The van der Waals surface area contributed by atoms with E-state index in [0.29, 0.717) is 5.92 Å². The number of ether oxygens (including phenoxy) is 1. The summed E-state index contributed by atoms with van der Waals surface area (Å²) in [4.78, 5) is 14.6. The van der Waals surface area contributed by atoms with E-state index in [1.807, 2.05) is 6.07 Å². The molecule has 0 saturated carbocycles. The van der Waals surface area contributed by atoms with Crippen LogP contribution in [0.2, 0.25) is 0 Å². The lowest BCUT2D eigenvalue weighted by molar-refractivity contribution is -0.125. The highest BCUT2D eigenvalue weighted by Gasteiger charge is 2.26. The van der Waals surface area contributed by atoms with Gasteiger partial charge in [-0.05, 0) is 17.9 Å². The van der Waals surface area contributed by atoms with Crippen LogP contribution in [0, 0.1) is 5.92 Å². The second-order valence-corrected chi connectivity index (χ2v) is 7.82. The smallest absolute Gasteiger partial charge is 0.246 e. The van der Waals surface area contributed by atoms with Crippen molar-refractivity contribution in [3.05, 3.63) is 47.5 Å². The molecule has 0 bridgehead atoms. The van der Waals surface area contributed by atoms with Crippen LogP contribution in [-0.4, -0.2) is 52.4 Å². The van der Waals surface area contributed by atoms with Crippen molar-refractivity contribution in [2.75, 3.05) is 26.8 Å². The van der Waals surface area contributed by atoms with Crippen LogP contribution < -0.4 is 5.32 Å². The van der Waals surface area contributed by atoms with Crippen LogP contribution in [0.5, 0.6) is 0 Å². The van der Waals surface area contributed by atoms with Crippen molar-refractivity contribution in [1.82, 2.24) is 25.0 Å². The van der Waals surface area contributed by atoms with Crippen LogP contribution in [0.4, 0.5) is 0 Å². The third-order valence-electron chi connectivity index (χ3n) is 5.03. The number of aromatic nitrogens is 3. The van der Waals surface area contributed by atoms with E-state index >= 15 is 0 Å². The molecule has 0 fully saturated rings. The zero-order chi connectivity index (χ0) is 19.9. The maximum atomic E-state index is 12.1. The Labute approximate surface area is 167 Å². The van der Waals surface area contributed by atoms with E-state index in [4.69, 9.17) is 4.74 Å². The summed E-state index contributed by atoms with van der Waals surface area (Å²) in [5.41, 5.74) is 1.32. The molecular formula is C21H31N5O2. The molecule has 0 spiro atoms. The van der Waals surface area contributed by atoms with Crippen molar-refractivity contribution < 1.29 is 9.53 Å². The van der Waals surface area contributed by atoms with Gasteiger partial charge in [-0.25, -0.2) is 0 Å². The number of rotatable bonds is 8. The number of fused-ring (bicyclic) bond motifs is 1. The lowest BCUT2D eigenvalue weighted by Gasteiger charge is -2.22. The van der Waals surface area contributed by atoms with Gasteiger partial charge in [0.2, 0.25) is 5.91 Å². The lowest BCUT2D eigenvalue weighted by atomic mass is 10.0. The third-order valence-corrected chi connectivity index (χ3v) is 5.03. The van der Waals surface area contributed by atoms with Gasteiger partial charge >= 0.3 is 0 Å². The van der Waals surface area contributed by atoms with Crippen LogP contribution in [0.15, 0.2) is 30.3 Å². The Morgan fingerprint density at radius 3 is 2.68 bits per heavy atom. The molecule has 2 heterocycles. The van der Waals surface area contributed by atoms with Crippen molar-refractivity contribution in [2.45, 2.75) is 45.8 Å². The molecule has 1 amide bonds. The predicted octanol–water partition coefficient (Wildman–Crippen LogP) is 2.19. The SMILES string of the molecule is COCC(=O)N[C@H](CC(C)C)c1nnc2n1CCN(Cc1ccccc1)CC2. The number of hydrogen-bond acceptors (Lipinski definition) is 5. The van der Waals surface area contributed by atoms with Gasteiger partial charge in [-0.3, -0.25) is 9.69 Å². The molecule has 7 nitrogen and oxygen atoms in total. The molecule has 152 valence electrons. The molecule has 0 aliphatic carbocycles. The number of nitrogens with one attached hydrogen (secondary N) is 1. The molecule has 1 atom stereocenters. The van der Waals surface area contributed by atoms with Crippen molar-refractivity contribution in [1.29, 1.82) is 0 Å². The normalized spacial score (nSPS) is 15.9. The van der Waals surface area contributed by atoms with Crippen LogP contribution in [0.1, 0.15) is 43.5 Å². The molecule has 1 aromatic carbocycles. The van der Waals surface area contributed by atoms with Gasteiger partial charge in [0.05, 0.1) is 6.04 Å². The molecule has 0 saturated heterocycles. The molecule has 0 unspecified atom stereocenters. The standard InChI is InChI=1S/C21H31N5O2/c1-16(2)13-18(22-20(27)15-28-3)21-24-23-19-9-10-25(11-12-26(19)21)14-17-7-5-4-6-8-17/h4-8,16,18H,9-15H2,1-3H3,(H,22,27)/t18-/m1/s1. The van der Waals surface area contributed by atoms with Crippen LogP contribution in [0.3, 0.4) is 0 Å². The minimum Gasteiger partial charge on any atom is -0.375 e. The van der Waals surface area contributed by atoms with Gasteiger partial charge in [0.1, 0.15) is 12.4 Å². The van der Waals surface area contributed by atoms with Gasteiger partial charge in [-0.1, -0.05) is 44.2 Å². The maximum Gasteiger partial charge on any atom is 0.246 e. The third kappa shape index (κ3) is 5.39. The highest BCUT2D eigenvalue weighted by molar-refractivity contribution is 5.77. The summed E-state index contributed by atoms with van der Waals surface area (Å²) in [6.07, 6.45) is 1.68. The molecule has 0 radical (unpaired) electrons. The number of methoxy groups -OCH3 is 1. The second-order valence-electron chi connectivity index (χ2n) is 7.82. The number of carbonyl (C=O) groups excluding carboxylic acids is 1. The Morgan fingerprint density at radius 2 is 1.96 bits per heavy atom. The first kappa shape index (κ1) is 20.5. The number of carbonyl (C=O) groups is 1. The quantitative estimate of drug-likeness (QED) is 0.754. The van der Waals surface area contributed by atoms with E-state index in [0.717, 1.165) is 50.7 Å². The van der Waals surface area contributed by atoms with Gasteiger partial charge in [0.25, 0.3) is 0 Å². The van der Waals surface area contributed by atoms with Gasteiger partial charge in [0.15, 0.2) is 5.82 Å². The van der Waals surface area contributed by atoms with E-state index in [1.54, 1.807) is 0 Å². The largest absolute Gasteiger partial charge is 0.375 e. The average molecular weight is 386 g/mol. The monoisotopic (exact) mass is 385 g/mol. The van der Waals surface area contributed by atoms with Crippen molar-refractivity contribution in [3.63, 3.8) is 0 Å². The molecule has 2 aromatic rings. The number of amides is 1. The number of benzene rings is 1. The van der Waals surface area contributed by atoms with E-state index in [9.17, 15) is 4.79 Å². The molecular weight excluding hydrogens is 354 g/mol. The van der Waals surface area contributed by atoms with E-state index in [1.165, 1.54) is 12.7 Å². The minimum atomic E-state index is -0.149. The topological polar surface area (TPSA) is 72.3 Å². The Balaban J connectivity index is 1.72. The summed E-state index contributed by atoms with van der Waals surface area (Å²) in [6, 6.07) is 10.4. The molecule has 1 aliphatic heterocycles. The summed E-state index contributed by atoms with van der Waals surface area (Å²) in [5, 5.41) is 12.0. The maximum absolute atomic E-state index is 12.1. The van der Waals surface area contributed by atoms with Gasteiger partial charge in [-0.2, -0.15) is 0 Å². The van der Waals surface area contributed by atoms with Crippen molar-refractivity contribution in [2.24, 2.45) is 5.92 Å². The zero-order valence-corrected chi connectivity index (χ0v) is 17.1. The summed E-state index contributed by atoms with van der Waals surface area (Å²) in [7, 11) is 1.53. The summed E-state index contributed by atoms with van der Waals surface area (Å²) >= 11 is 0. The summed E-state index contributed by atoms with van der Waals surface area (Å²) < 4.78 is 7.17. The van der Waals surface area contributed by atoms with Crippen LogP contribution >= 0.6 is 0 Å². The van der Waals surface area contributed by atoms with Crippen LogP contribution in [0.25, 0.3) is 0 Å².